The summed E-state index contributed by atoms with van der Waals surface area (Å²) in [5.74, 6) is -1.11. The molecule has 1 aromatic heterocycles. The molecule has 1 saturated heterocycles. The van der Waals surface area contributed by atoms with Crippen LogP contribution in [0.5, 0.6) is 0 Å². The Kier molecular flexibility index (Phi) is 5.93. The van der Waals surface area contributed by atoms with E-state index in [9.17, 15) is 18.3 Å². The van der Waals surface area contributed by atoms with Crippen LogP contribution in [-0.2, 0) is 19.6 Å². The van der Waals surface area contributed by atoms with Crippen LogP contribution in [0.15, 0.2) is 45.1 Å². The third-order valence-corrected chi connectivity index (χ3v) is 7.78. The highest BCUT2D eigenvalue weighted by molar-refractivity contribution is 9.10. The first-order valence-corrected chi connectivity index (χ1v) is 10.8. The minimum atomic E-state index is -3.64. The molecular formula is C17H16BrNO5S2. The molecule has 1 N–H and O–H groups in total. The molecule has 3 rings (SSSR count). The number of carboxylic acids is 1. The molecule has 26 heavy (non-hydrogen) atoms. The Bertz CT molecular complexity index is 946. The van der Waals surface area contributed by atoms with E-state index in [2.05, 4.69) is 15.9 Å². The summed E-state index contributed by atoms with van der Waals surface area (Å²) in [6.07, 6.45) is 1.53. The van der Waals surface area contributed by atoms with Gasteiger partial charge >= 0.3 is 5.97 Å². The van der Waals surface area contributed by atoms with E-state index >= 15 is 0 Å². The molecule has 0 amide bonds. The van der Waals surface area contributed by atoms with Gasteiger partial charge in [-0.2, -0.15) is 4.31 Å². The summed E-state index contributed by atoms with van der Waals surface area (Å²) < 4.78 is 32.9. The molecule has 2 heterocycles. The van der Waals surface area contributed by atoms with Gasteiger partial charge in [0.25, 0.3) is 10.0 Å². The van der Waals surface area contributed by atoms with E-state index in [0.717, 1.165) is 15.8 Å². The summed E-state index contributed by atoms with van der Waals surface area (Å²) in [5.41, 5.74) is 0.763. The van der Waals surface area contributed by atoms with Crippen molar-refractivity contribution in [1.29, 1.82) is 0 Å². The SMILES string of the molecule is O=C(O)C(=Cc1cccc(Br)c1)c1ccc(S(=O)(=O)N2CCOCC2)s1. The fourth-order valence-electron chi connectivity index (χ4n) is 2.52. The highest BCUT2D eigenvalue weighted by Gasteiger charge is 2.28. The molecule has 0 atom stereocenters. The van der Waals surface area contributed by atoms with E-state index in [1.165, 1.54) is 22.5 Å². The first kappa shape index (κ1) is 19.2. The summed E-state index contributed by atoms with van der Waals surface area (Å²) in [7, 11) is -3.64. The van der Waals surface area contributed by atoms with E-state index in [4.69, 9.17) is 4.74 Å². The summed E-state index contributed by atoms with van der Waals surface area (Å²) in [4.78, 5) is 12.1. The second kappa shape index (κ2) is 8.01. The molecule has 0 spiro atoms. The van der Waals surface area contributed by atoms with E-state index in [1.807, 2.05) is 6.07 Å². The second-order valence-corrected chi connectivity index (χ2v) is 9.72. The van der Waals surface area contributed by atoms with E-state index in [0.29, 0.717) is 36.7 Å². The van der Waals surface area contributed by atoms with Gasteiger partial charge in [0, 0.05) is 22.4 Å². The van der Waals surface area contributed by atoms with Crippen molar-refractivity contribution in [3.05, 3.63) is 51.3 Å². The monoisotopic (exact) mass is 457 g/mol. The Morgan fingerprint density at radius 2 is 1.96 bits per heavy atom. The molecule has 0 radical (unpaired) electrons. The van der Waals surface area contributed by atoms with Crippen LogP contribution in [0, 0.1) is 0 Å². The number of aliphatic carboxylic acids is 1. The van der Waals surface area contributed by atoms with Gasteiger partial charge < -0.3 is 9.84 Å². The van der Waals surface area contributed by atoms with Gasteiger partial charge in [-0.15, -0.1) is 11.3 Å². The zero-order valence-corrected chi connectivity index (χ0v) is 16.8. The fraction of sp³-hybridized carbons (Fsp3) is 0.235. The predicted octanol–water partition coefficient (Wildman–Crippen LogP) is 3.16. The number of rotatable bonds is 5. The van der Waals surface area contributed by atoms with Crippen LogP contribution < -0.4 is 0 Å². The first-order chi connectivity index (χ1) is 12.4. The highest BCUT2D eigenvalue weighted by atomic mass is 79.9. The van der Waals surface area contributed by atoms with Crippen molar-refractivity contribution in [2.45, 2.75) is 4.21 Å². The van der Waals surface area contributed by atoms with Crippen molar-refractivity contribution in [3.63, 3.8) is 0 Å². The van der Waals surface area contributed by atoms with Crippen LogP contribution in [0.1, 0.15) is 10.4 Å². The Balaban J connectivity index is 1.94. The van der Waals surface area contributed by atoms with Gasteiger partial charge in [-0.05, 0) is 35.9 Å². The molecule has 1 fully saturated rings. The zero-order chi connectivity index (χ0) is 18.7. The zero-order valence-electron chi connectivity index (χ0n) is 13.6. The molecule has 2 aromatic rings. The van der Waals surface area contributed by atoms with Crippen LogP contribution in [-0.4, -0.2) is 50.1 Å². The third kappa shape index (κ3) is 4.24. The normalized spacial score (nSPS) is 16.6. The highest BCUT2D eigenvalue weighted by Crippen LogP contribution is 2.31. The maximum Gasteiger partial charge on any atom is 0.337 e. The van der Waals surface area contributed by atoms with Crippen molar-refractivity contribution in [1.82, 2.24) is 4.31 Å². The topological polar surface area (TPSA) is 83.9 Å². The number of nitrogens with zero attached hydrogens (tertiary/aromatic N) is 1. The summed E-state index contributed by atoms with van der Waals surface area (Å²) >= 11 is 4.31. The quantitative estimate of drug-likeness (QED) is 0.696. The third-order valence-electron chi connectivity index (χ3n) is 3.80. The van der Waals surface area contributed by atoms with Crippen LogP contribution in [0.25, 0.3) is 11.6 Å². The molecule has 138 valence electrons. The molecule has 0 unspecified atom stereocenters. The molecule has 0 bridgehead atoms. The average Bonchev–Trinajstić information content (AvgIpc) is 3.11. The standard InChI is InChI=1S/C17H16BrNO5S2/c18-13-3-1-2-12(10-13)11-14(17(20)21)15-4-5-16(25-15)26(22,23)19-6-8-24-9-7-19/h1-5,10-11H,6-9H2,(H,20,21). The summed E-state index contributed by atoms with van der Waals surface area (Å²) in [6.45, 7) is 1.33. The number of hydrogen-bond donors (Lipinski definition) is 1. The first-order valence-electron chi connectivity index (χ1n) is 7.76. The van der Waals surface area contributed by atoms with E-state index < -0.39 is 16.0 Å². The van der Waals surface area contributed by atoms with Crippen LogP contribution in [0.4, 0.5) is 0 Å². The lowest BCUT2D eigenvalue weighted by Gasteiger charge is -2.25. The Morgan fingerprint density at radius 3 is 2.62 bits per heavy atom. The Hall–Kier alpha value is -1.52. The molecule has 1 aliphatic rings. The molecule has 0 aliphatic carbocycles. The minimum Gasteiger partial charge on any atom is -0.478 e. The molecule has 9 heteroatoms. The molecule has 1 aliphatic heterocycles. The van der Waals surface area contributed by atoms with Crippen LogP contribution in [0.3, 0.4) is 0 Å². The Morgan fingerprint density at radius 1 is 1.23 bits per heavy atom. The van der Waals surface area contributed by atoms with Crippen LogP contribution >= 0.6 is 27.3 Å². The van der Waals surface area contributed by atoms with Crippen molar-refractivity contribution in [3.8, 4) is 0 Å². The predicted molar refractivity (Wildman–Crippen MR) is 104 cm³/mol. The van der Waals surface area contributed by atoms with Gasteiger partial charge in [0.2, 0.25) is 0 Å². The lowest BCUT2D eigenvalue weighted by Crippen LogP contribution is -2.40. The van der Waals surface area contributed by atoms with Gasteiger partial charge in [0.15, 0.2) is 0 Å². The molecule has 1 aromatic carbocycles. The number of morpholine rings is 1. The lowest BCUT2D eigenvalue weighted by atomic mass is 10.1. The van der Waals surface area contributed by atoms with Crippen LogP contribution in [0.2, 0.25) is 0 Å². The average molecular weight is 458 g/mol. The number of benzene rings is 1. The van der Waals surface area contributed by atoms with Crippen molar-refractivity contribution in [2.24, 2.45) is 0 Å². The molecular weight excluding hydrogens is 442 g/mol. The number of thiophene rings is 1. The second-order valence-electron chi connectivity index (χ2n) is 5.55. The van der Waals surface area contributed by atoms with Crippen molar-refractivity contribution >= 4 is 54.9 Å². The van der Waals surface area contributed by atoms with Gasteiger partial charge in [0.05, 0.1) is 18.8 Å². The maximum absolute atomic E-state index is 12.7. The van der Waals surface area contributed by atoms with Gasteiger partial charge in [-0.1, -0.05) is 28.1 Å². The van der Waals surface area contributed by atoms with E-state index in [-0.39, 0.29) is 9.78 Å². The number of ether oxygens (including phenoxy) is 1. The van der Waals surface area contributed by atoms with Crippen molar-refractivity contribution < 1.29 is 23.1 Å². The van der Waals surface area contributed by atoms with E-state index in [1.54, 1.807) is 18.2 Å². The summed E-state index contributed by atoms with van der Waals surface area (Å²) in [5, 5.41) is 9.57. The summed E-state index contributed by atoms with van der Waals surface area (Å²) in [6, 6.07) is 10.2. The smallest absolute Gasteiger partial charge is 0.337 e. The van der Waals surface area contributed by atoms with Crippen molar-refractivity contribution in [2.75, 3.05) is 26.3 Å². The number of carboxylic acid groups (broad SMARTS) is 1. The number of carbonyl (C=O) groups is 1. The van der Waals surface area contributed by atoms with Gasteiger partial charge in [-0.25, -0.2) is 13.2 Å². The lowest BCUT2D eigenvalue weighted by molar-refractivity contribution is -0.130. The molecule has 6 nitrogen and oxygen atoms in total. The molecule has 0 saturated carbocycles. The number of sulfonamides is 1. The maximum atomic E-state index is 12.7. The largest absolute Gasteiger partial charge is 0.478 e. The van der Waals surface area contributed by atoms with Gasteiger partial charge in [-0.3, -0.25) is 0 Å². The minimum absolute atomic E-state index is 0.0523. The number of hydrogen-bond acceptors (Lipinski definition) is 5. The fourth-order valence-corrected chi connectivity index (χ4v) is 5.81. The number of halogens is 1. The van der Waals surface area contributed by atoms with Gasteiger partial charge in [0.1, 0.15) is 4.21 Å². The Labute approximate surface area is 163 Å².